The zero-order valence-corrected chi connectivity index (χ0v) is 7.74. The van der Waals surface area contributed by atoms with E-state index in [9.17, 15) is 13.2 Å². The molecule has 1 aromatic heterocycles. The van der Waals surface area contributed by atoms with E-state index in [1.807, 2.05) is 0 Å². The summed E-state index contributed by atoms with van der Waals surface area (Å²) in [5.74, 6) is 0.227. The lowest BCUT2D eigenvalue weighted by molar-refractivity contribution is -0.177. The molecule has 0 fully saturated rings. The maximum atomic E-state index is 11.7. The van der Waals surface area contributed by atoms with Crippen LogP contribution in [0.5, 0.6) is 0 Å². The van der Waals surface area contributed by atoms with Crippen molar-refractivity contribution in [2.24, 2.45) is 5.73 Å². The summed E-state index contributed by atoms with van der Waals surface area (Å²) in [4.78, 5) is 0. The number of ether oxygens (including phenoxy) is 1. The Morgan fingerprint density at radius 1 is 1.40 bits per heavy atom. The number of hydrogen-bond acceptors (Lipinski definition) is 5. The summed E-state index contributed by atoms with van der Waals surface area (Å²) in [6, 6.07) is 0. The van der Waals surface area contributed by atoms with Gasteiger partial charge in [-0.05, 0) is 10.4 Å². The van der Waals surface area contributed by atoms with E-state index in [1.165, 1.54) is 4.68 Å². The van der Waals surface area contributed by atoms with Gasteiger partial charge in [0.15, 0.2) is 5.82 Å². The number of aromatic nitrogens is 4. The maximum absolute atomic E-state index is 11.7. The number of nitrogens with two attached hydrogens (primary N) is 1. The van der Waals surface area contributed by atoms with Crippen LogP contribution >= 0.6 is 0 Å². The predicted octanol–water partition coefficient (Wildman–Crippen LogP) is -0.289. The molecule has 0 amide bonds. The Morgan fingerprint density at radius 2 is 2.13 bits per heavy atom. The molecule has 0 bridgehead atoms. The SMILES string of the molecule is NCCn1nnnc1COCC(F)(F)F. The van der Waals surface area contributed by atoms with Crippen LogP contribution in [-0.2, 0) is 17.9 Å². The number of tetrazole rings is 1. The Kier molecular flexibility index (Phi) is 3.97. The van der Waals surface area contributed by atoms with Gasteiger partial charge in [0.05, 0.1) is 6.54 Å². The summed E-state index contributed by atoms with van der Waals surface area (Å²) in [7, 11) is 0. The highest BCUT2D eigenvalue weighted by Gasteiger charge is 2.27. The number of rotatable bonds is 5. The number of nitrogens with zero attached hydrogens (tertiary/aromatic N) is 4. The molecule has 0 aromatic carbocycles. The van der Waals surface area contributed by atoms with Crippen molar-refractivity contribution in [3.8, 4) is 0 Å². The van der Waals surface area contributed by atoms with Crippen molar-refractivity contribution in [2.75, 3.05) is 13.2 Å². The van der Waals surface area contributed by atoms with Gasteiger partial charge in [0, 0.05) is 6.54 Å². The van der Waals surface area contributed by atoms with Gasteiger partial charge in [0.2, 0.25) is 0 Å². The lowest BCUT2D eigenvalue weighted by atomic mass is 10.6. The molecule has 15 heavy (non-hydrogen) atoms. The summed E-state index contributed by atoms with van der Waals surface area (Å²) < 4.78 is 40.9. The molecular weight excluding hydrogens is 215 g/mol. The van der Waals surface area contributed by atoms with Crippen LogP contribution in [0.3, 0.4) is 0 Å². The van der Waals surface area contributed by atoms with Crippen LogP contribution in [0.2, 0.25) is 0 Å². The number of alkyl halides is 3. The van der Waals surface area contributed by atoms with Gasteiger partial charge >= 0.3 is 6.18 Å². The molecule has 1 aromatic rings. The summed E-state index contributed by atoms with van der Waals surface area (Å²) in [5, 5.41) is 10.3. The first-order chi connectivity index (χ1) is 7.03. The van der Waals surface area contributed by atoms with Gasteiger partial charge in [-0.3, -0.25) is 0 Å². The minimum absolute atomic E-state index is 0.227. The Bertz CT molecular complexity index is 299. The van der Waals surface area contributed by atoms with Crippen molar-refractivity contribution in [3.05, 3.63) is 5.82 Å². The second-order valence-electron chi connectivity index (χ2n) is 2.71. The Hall–Kier alpha value is -1.22. The fourth-order valence-corrected chi connectivity index (χ4v) is 0.881. The minimum atomic E-state index is -4.34. The average Bonchev–Trinajstić information content (AvgIpc) is 2.51. The van der Waals surface area contributed by atoms with Gasteiger partial charge in [-0.15, -0.1) is 5.10 Å². The van der Waals surface area contributed by atoms with Crippen molar-refractivity contribution < 1.29 is 17.9 Å². The molecular formula is C6H10F3N5O. The molecule has 0 radical (unpaired) electrons. The van der Waals surface area contributed by atoms with Crippen LogP contribution in [0.1, 0.15) is 5.82 Å². The van der Waals surface area contributed by atoms with Crippen molar-refractivity contribution in [2.45, 2.75) is 19.3 Å². The molecule has 0 saturated carbocycles. The van der Waals surface area contributed by atoms with Crippen LogP contribution in [0.15, 0.2) is 0 Å². The van der Waals surface area contributed by atoms with E-state index in [4.69, 9.17) is 5.73 Å². The molecule has 0 saturated heterocycles. The standard InChI is InChI=1S/C6H10F3N5O/c7-6(8,9)4-15-3-5-11-12-13-14(5)2-1-10/h1-4,10H2. The largest absolute Gasteiger partial charge is 0.411 e. The van der Waals surface area contributed by atoms with E-state index < -0.39 is 12.8 Å². The summed E-state index contributed by atoms with van der Waals surface area (Å²) in [6.07, 6.45) is -4.34. The van der Waals surface area contributed by atoms with Crippen LogP contribution in [0.25, 0.3) is 0 Å². The predicted molar refractivity (Wildman–Crippen MR) is 42.6 cm³/mol. The first kappa shape index (κ1) is 11.9. The van der Waals surface area contributed by atoms with Crippen molar-refractivity contribution in [3.63, 3.8) is 0 Å². The monoisotopic (exact) mass is 225 g/mol. The molecule has 1 heterocycles. The van der Waals surface area contributed by atoms with Crippen molar-refractivity contribution >= 4 is 0 Å². The number of hydrogen-bond donors (Lipinski definition) is 1. The Balaban J connectivity index is 2.40. The molecule has 0 atom stereocenters. The molecule has 0 aliphatic rings. The minimum Gasteiger partial charge on any atom is -0.364 e. The lowest BCUT2D eigenvalue weighted by Crippen LogP contribution is -2.19. The van der Waals surface area contributed by atoms with Gasteiger partial charge < -0.3 is 10.5 Å². The van der Waals surface area contributed by atoms with Gasteiger partial charge in [0.25, 0.3) is 0 Å². The summed E-state index contributed by atoms with van der Waals surface area (Å²) in [6.45, 7) is -0.954. The second-order valence-corrected chi connectivity index (χ2v) is 2.71. The van der Waals surface area contributed by atoms with Crippen LogP contribution in [0.4, 0.5) is 13.2 Å². The molecule has 9 heteroatoms. The highest BCUT2D eigenvalue weighted by Crippen LogP contribution is 2.14. The Labute approximate surface area is 83.2 Å². The average molecular weight is 225 g/mol. The molecule has 0 aliphatic heterocycles. The van der Waals surface area contributed by atoms with E-state index in [0.29, 0.717) is 13.1 Å². The van der Waals surface area contributed by atoms with Crippen LogP contribution < -0.4 is 5.73 Å². The van der Waals surface area contributed by atoms with E-state index in [1.54, 1.807) is 0 Å². The van der Waals surface area contributed by atoms with Gasteiger partial charge in [-0.1, -0.05) is 0 Å². The highest BCUT2D eigenvalue weighted by atomic mass is 19.4. The lowest BCUT2D eigenvalue weighted by Gasteiger charge is -2.07. The zero-order valence-electron chi connectivity index (χ0n) is 7.74. The third-order valence-corrected chi connectivity index (χ3v) is 1.44. The molecule has 86 valence electrons. The quantitative estimate of drug-likeness (QED) is 0.745. The molecule has 6 nitrogen and oxygen atoms in total. The second kappa shape index (κ2) is 5.03. The van der Waals surface area contributed by atoms with Crippen LogP contribution in [-0.4, -0.2) is 39.5 Å². The van der Waals surface area contributed by atoms with Gasteiger partial charge in [0.1, 0.15) is 13.2 Å². The van der Waals surface area contributed by atoms with Crippen molar-refractivity contribution in [1.29, 1.82) is 0 Å². The zero-order chi connectivity index (χ0) is 11.3. The maximum Gasteiger partial charge on any atom is 0.411 e. The third-order valence-electron chi connectivity index (χ3n) is 1.44. The van der Waals surface area contributed by atoms with Gasteiger partial charge in [-0.2, -0.15) is 13.2 Å². The molecule has 0 aliphatic carbocycles. The first-order valence-electron chi connectivity index (χ1n) is 4.12. The van der Waals surface area contributed by atoms with E-state index in [2.05, 4.69) is 20.3 Å². The summed E-state index contributed by atoms with van der Waals surface area (Å²) >= 11 is 0. The van der Waals surface area contributed by atoms with E-state index >= 15 is 0 Å². The first-order valence-corrected chi connectivity index (χ1v) is 4.12. The summed E-state index contributed by atoms with van der Waals surface area (Å²) in [5.41, 5.74) is 5.25. The van der Waals surface area contributed by atoms with Gasteiger partial charge in [-0.25, -0.2) is 4.68 Å². The number of halogens is 3. The third kappa shape index (κ3) is 4.21. The normalized spacial score (nSPS) is 12.0. The van der Waals surface area contributed by atoms with Crippen LogP contribution in [0, 0.1) is 0 Å². The Morgan fingerprint density at radius 3 is 2.73 bits per heavy atom. The van der Waals surface area contributed by atoms with E-state index in [0.717, 1.165) is 0 Å². The van der Waals surface area contributed by atoms with Crippen molar-refractivity contribution in [1.82, 2.24) is 20.2 Å². The molecule has 1 rings (SSSR count). The highest BCUT2D eigenvalue weighted by molar-refractivity contribution is 4.77. The molecule has 2 N–H and O–H groups in total. The van der Waals surface area contributed by atoms with E-state index in [-0.39, 0.29) is 12.4 Å². The molecule has 0 spiro atoms. The fraction of sp³-hybridized carbons (Fsp3) is 0.833. The molecule has 0 unspecified atom stereocenters. The fourth-order valence-electron chi connectivity index (χ4n) is 0.881. The smallest absolute Gasteiger partial charge is 0.364 e. The topological polar surface area (TPSA) is 78.9 Å².